The van der Waals surface area contributed by atoms with E-state index in [9.17, 15) is 4.79 Å². The van der Waals surface area contributed by atoms with E-state index >= 15 is 0 Å². The average molecular weight is 263 g/mol. The SMILES string of the molecule is CCC(C)(C)NC(=O)C(C)NCCc1ccccn1. The van der Waals surface area contributed by atoms with Gasteiger partial charge in [0.05, 0.1) is 6.04 Å². The van der Waals surface area contributed by atoms with Crippen LogP contribution < -0.4 is 10.6 Å². The molecular formula is C15H25N3O. The fourth-order valence-corrected chi connectivity index (χ4v) is 1.59. The Labute approximate surface area is 116 Å². The summed E-state index contributed by atoms with van der Waals surface area (Å²) in [4.78, 5) is 16.2. The number of hydrogen-bond acceptors (Lipinski definition) is 3. The number of aromatic nitrogens is 1. The summed E-state index contributed by atoms with van der Waals surface area (Å²) in [6.45, 7) is 8.77. The Bertz CT molecular complexity index is 390. The first-order chi connectivity index (χ1) is 8.94. The smallest absolute Gasteiger partial charge is 0.237 e. The van der Waals surface area contributed by atoms with E-state index in [1.54, 1.807) is 6.20 Å². The summed E-state index contributed by atoms with van der Waals surface area (Å²) in [6, 6.07) is 5.68. The van der Waals surface area contributed by atoms with Crippen LogP contribution in [0.4, 0.5) is 0 Å². The molecule has 2 N–H and O–H groups in total. The van der Waals surface area contributed by atoms with Gasteiger partial charge in [0.25, 0.3) is 0 Å². The number of rotatable bonds is 7. The second kappa shape index (κ2) is 7.24. The van der Waals surface area contributed by atoms with Crippen molar-refractivity contribution in [1.82, 2.24) is 15.6 Å². The van der Waals surface area contributed by atoms with Crippen molar-refractivity contribution in [1.29, 1.82) is 0 Å². The van der Waals surface area contributed by atoms with Crippen LogP contribution in [0, 0.1) is 0 Å². The molecule has 0 radical (unpaired) electrons. The Hall–Kier alpha value is -1.42. The van der Waals surface area contributed by atoms with Gasteiger partial charge in [-0.25, -0.2) is 0 Å². The van der Waals surface area contributed by atoms with Crippen molar-refractivity contribution in [3.05, 3.63) is 30.1 Å². The minimum Gasteiger partial charge on any atom is -0.350 e. The molecule has 0 spiro atoms. The Morgan fingerprint density at radius 3 is 2.74 bits per heavy atom. The maximum absolute atomic E-state index is 12.0. The van der Waals surface area contributed by atoms with Gasteiger partial charge in [-0.1, -0.05) is 13.0 Å². The predicted octanol–water partition coefficient (Wildman–Crippen LogP) is 1.91. The summed E-state index contributed by atoms with van der Waals surface area (Å²) in [7, 11) is 0. The normalized spacial score (nSPS) is 13.1. The number of pyridine rings is 1. The van der Waals surface area contributed by atoms with E-state index in [0.29, 0.717) is 0 Å². The lowest BCUT2D eigenvalue weighted by Gasteiger charge is -2.26. The van der Waals surface area contributed by atoms with Gasteiger partial charge in [0.15, 0.2) is 0 Å². The van der Waals surface area contributed by atoms with E-state index < -0.39 is 0 Å². The molecule has 1 atom stereocenters. The average Bonchev–Trinajstić information content (AvgIpc) is 2.39. The van der Waals surface area contributed by atoms with Gasteiger partial charge in [-0.3, -0.25) is 9.78 Å². The summed E-state index contributed by atoms with van der Waals surface area (Å²) < 4.78 is 0. The zero-order valence-electron chi connectivity index (χ0n) is 12.4. The Morgan fingerprint density at radius 1 is 1.42 bits per heavy atom. The summed E-state index contributed by atoms with van der Waals surface area (Å²) in [5.74, 6) is 0.0490. The second-order valence-electron chi connectivity index (χ2n) is 5.47. The molecule has 1 unspecified atom stereocenters. The Kier molecular flexibility index (Phi) is 5.96. The minimum absolute atomic E-state index is 0.0490. The lowest BCUT2D eigenvalue weighted by atomic mass is 10.0. The third-order valence-corrected chi connectivity index (χ3v) is 3.30. The second-order valence-corrected chi connectivity index (χ2v) is 5.47. The molecule has 0 fully saturated rings. The van der Waals surface area contributed by atoms with E-state index in [2.05, 4.69) is 22.5 Å². The first-order valence-corrected chi connectivity index (χ1v) is 6.90. The third-order valence-electron chi connectivity index (χ3n) is 3.30. The molecule has 0 aromatic carbocycles. The highest BCUT2D eigenvalue weighted by atomic mass is 16.2. The topological polar surface area (TPSA) is 54.0 Å². The quantitative estimate of drug-likeness (QED) is 0.790. The molecule has 0 aliphatic carbocycles. The number of nitrogens with one attached hydrogen (secondary N) is 2. The lowest BCUT2D eigenvalue weighted by molar-refractivity contribution is -0.124. The molecule has 0 aliphatic rings. The molecule has 0 bridgehead atoms. The zero-order valence-corrected chi connectivity index (χ0v) is 12.4. The number of nitrogens with zero attached hydrogens (tertiary/aromatic N) is 1. The largest absolute Gasteiger partial charge is 0.350 e. The van der Waals surface area contributed by atoms with Gasteiger partial charge < -0.3 is 10.6 Å². The molecule has 106 valence electrons. The van der Waals surface area contributed by atoms with Gasteiger partial charge >= 0.3 is 0 Å². The fourth-order valence-electron chi connectivity index (χ4n) is 1.59. The molecule has 19 heavy (non-hydrogen) atoms. The molecule has 1 heterocycles. The summed E-state index contributed by atoms with van der Waals surface area (Å²) >= 11 is 0. The van der Waals surface area contributed by atoms with Gasteiger partial charge in [-0.15, -0.1) is 0 Å². The van der Waals surface area contributed by atoms with E-state index in [0.717, 1.165) is 25.1 Å². The zero-order chi connectivity index (χ0) is 14.3. The van der Waals surface area contributed by atoms with Crippen molar-refractivity contribution in [2.24, 2.45) is 0 Å². The molecule has 4 nitrogen and oxygen atoms in total. The number of carbonyl (C=O) groups is 1. The maximum Gasteiger partial charge on any atom is 0.237 e. The highest BCUT2D eigenvalue weighted by Gasteiger charge is 2.21. The summed E-state index contributed by atoms with van der Waals surface area (Å²) in [5, 5.41) is 6.26. The molecule has 1 amide bonds. The Balaban J connectivity index is 2.31. The van der Waals surface area contributed by atoms with E-state index in [4.69, 9.17) is 0 Å². The van der Waals surface area contributed by atoms with E-state index in [-0.39, 0.29) is 17.5 Å². The minimum atomic E-state index is -0.186. The van der Waals surface area contributed by atoms with Crippen LogP contribution in [0.1, 0.15) is 39.8 Å². The van der Waals surface area contributed by atoms with Crippen LogP contribution in [0.2, 0.25) is 0 Å². The van der Waals surface area contributed by atoms with Crippen molar-refractivity contribution in [2.75, 3.05) is 6.54 Å². The molecule has 1 rings (SSSR count). The van der Waals surface area contributed by atoms with Gasteiger partial charge in [-0.05, 0) is 39.3 Å². The first-order valence-electron chi connectivity index (χ1n) is 6.90. The number of amides is 1. The predicted molar refractivity (Wildman–Crippen MR) is 77.9 cm³/mol. The van der Waals surface area contributed by atoms with Crippen LogP contribution in [-0.2, 0) is 11.2 Å². The van der Waals surface area contributed by atoms with Crippen LogP contribution in [-0.4, -0.2) is 29.0 Å². The molecule has 1 aromatic rings. The highest BCUT2D eigenvalue weighted by Crippen LogP contribution is 2.06. The summed E-state index contributed by atoms with van der Waals surface area (Å²) in [6.07, 6.45) is 3.53. The van der Waals surface area contributed by atoms with Gasteiger partial charge in [0.2, 0.25) is 5.91 Å². The molecule has 0 saturated carbocycles. The van der Waals surface area contributed by atoms with Crippen molar-refractivity contribution in [3.63, 3.8) is 0 Å². The van der Waals surface area contributed by atoms with Crippen LogP contribution in [0.5, 0.6) is 0 Å². The van der Waals surface area contributed by atoms with E-state index in [1.807, 2.05) is 39.0 Å². The fraction of sp³-hybridized carbons (Fsp3) is 0.600. The number of carbonyl (C=O) groups excluding carboxylic acids is 1. The summed E-state index contributed by atoms with van der Waals surface area (Å²) in [5.41, 5.74) is 0.894. The number of hydrogen-bond donors (Lipinski definition) is 2. The van der Waals surface area contributed by atoms with E-state index in [1.165, 1.54) is 0 Å². The Morgan fingerprint density at radius 2 is 2.16 bits per heavy atom. The van der Waals surface area contributed by atoms with Gasteiger partial charge in [0.1, 0.15) is 0 Å². The van der Waals surface area contributed by atoms with Crippen LogP contribution in [0.3, 0.4) is 0 Å². The van der Waals surface area contributed by atoms with Crippen molar-refractivity contribution in [3.8, 4) is 0 Å². The van der Waals surface area contributed by atoms with Gasteiger partial charge in [-0.2, -0.15) is 0 Å². The van der Waals surface area contributed by atoms with Crippen molar-refractivity contribution in [2.45, 2.75) is 52.1 Å². The van der Waals surface area contributed by atoms with Crippen molar-refractivity contribution >= 4 is 5.91 Å². The lowest BCUT2D eigenvalue weighted by Crippen LogP contribution is -2.51. The third kappa shape index (κ3) is 5.83. The first kappa shape index (κ1) is 15.6. The van der Waals surface area contributed by atoms with Crippen LogP contribution in [0.15, 0.2) is 24.4 Å². The molecule has 0 aliphatic heterocycles. The standard InChI is InChI=1S/C15H25N3O/c1-5-15(3,4)18-14(19)12(2)16-11-9-13-8-6-7-10-17-13/h6-8,10,12,16H,5,9,11H2,1-4H3,(H,18,19). The maximum atomic E-state index is 12.0. The molecular weight excluding hydrogens is 238 g/mol. The highest BCUT2D eigenvalue weighted by molar-refractivity contribution is 5.81. The molecule has 4 heteroatoms. The monoisotopic (exact) mass is 263 g/mol. The van der Waals surface area contributed by atoms with Crippen molar-refractivity contribution < 1.29 is 4.79 Å². The molecule has 0 saturated heterocycles. The molecule has 1 aromatic heterocycles. The van der Waals surface area contributed by atoms with Crippen LogP contribution >= 0.6 is 0 Å². The van der Waals surface area contributed by atoms with Gasteiger partial charge in [0, 0.05) is 30.4 Å². The van der Waals surface area contributed by atoms with Crippen LogP contribution in [0.25, 0.3) is 0 Å².